The molecule has 0 N–H and O–H groups in total. The summed E-state index contributed by atoms with van der Waals surface area (Å²) >= 11 is 0. The van der Waals surface area contributed by atoms with E-state index in [1.54, 1.807) is 0 Å². The van der Waals surface area contributed by atoms with Gasteiger partial charge < -0.3 is 14.4 Å². The van der Waals surface area contributed by atoms with Gasteiger partial charge in [0.25, 0.3) is 0 Å². The molecule has 7 heteroatoms. The molecule has 0 aromatic carbocycles. The second-order valence-electron chi connectivity index (χ2n) is 4.68. The van der Waals surface area contributed by atoms with E-state index in [1.165, 1.54) is 14.0 Å². The van der Waals surface area contributed by atoms with Crippen molar-refractivity contribution in [3.05, 3.63) is 0 Å². The van der Waals surface area contributed by atoms with Crippen LogP contribution in [-0.4, -0.2) is 70.2 Å². The van der Waals surface area contributed by atoms with Gasteiger partial charge in [0.2, 0.25) is 0 Å². The Morgan fingerprint density at radius 3 is 2.78 bits per heavy atom. The predicted molar refractivity (Wildman–Crippen MR) is 67.1 cm³/mol. The Kier molecular flexibility index (Phi) is 5.55. The molecule has 1 fully saturated rings. The van der Waals surface area contributed by atoms with Gasteiger partial charge in [0.1, 0.15) is 0 Å². The van der Waals surface area contributed by atoms with Gasteiger partial charge in [-0.25, -0.2) is 8.42 Å². The number of carbonyl (C=O) groups excluding carboxylic acids is 1. The van der Waals surface area contributed by atoms with Crippen molar-refractivity contribution in [1.29, 1.82) is 0 Å². The highest BCUT2D eigenvalue weighted by molar-refractivity contribution is 7.92. The standard InChI is InChI=1S/C11H21NO5S/c1-9(6-11(13)16-3)18(14,15)8-10-7-12(2)4-5-17-10/h9-10H,4-8H2,1-3H3. The first-order chi connectivity index (χ1) is 8.35. The molecular weight excluding hydrogens is 258 g/mol. The van der Waals surface area contributed by atoms with Gasteiger partial charge in [-0.05, 0) is 14.0 Å². The minimum absolute atomic E-state index is 0.0461. The molecule has 106 valence electrons. The smallest absolute Gasteiger partial charge is 0.306 e. The van der Waals surface area contributed by atoms with Crippen molar-refractivity contribution in [3.63, 3.8) is 0 Å². The minimum Gasteiger partial charge on any atom is -0.469 e. The van der Waals surface area contributed by atoms with Crippen LogP contribution in [0.3, 0.4) is 0 Å². The van der Waals surface area contributed by atoms with Crippen LogP contribution in [0.5, 0.6) is 0 Å². The number of nitrogens with zero attached hydrogens (tertiary/aromatic N) is 1. The highest BCUT2D eigenvalue weighted by Crippen LogP contribution is 2.13. The average Bonchev–Trinajstić information content (AvgIpc) is 2.28. The van der Waals surface area contributed by atoms with Crippen molar-refractivity contribution in [2.24, 2.45) is 0 Å². The maximum atomic E-state index is 12.1. The zero-order chi connectivity index (χ0) is 13.8. The molecule has 0 amide bonds. The van der Waals surface area contributed by atoms with Crippen molar-refractivity contribution in [2.75, 3.05) is 39.6 Å². The molecule has 2 atom stereocenters. The summed E-state index contributed by atoms with van der Waals surface area (Å²) in [5, 5.41) is -0.735. The first kappa shape index (κ1) is 15.4. The molecule has 0 aromatic heterocycles. The second-order valence-corrected chi connectivity index (χ2v) is 7.14. The monoisotopic (exact) mass is 279 g/mol. The van der Waals surface area contributed by atoms with Crippen LogP contribution in [-0.2, 0) is 24.1 Å². The summed E-state index contributed by atoms with van der Waals surface area (Å²) in [6.45, 7) is 3.49. The highest BCUT2D eigenvalue weighted by atomic mass is 32.2. The largest absolute Gasteiger partial charge is 0.469 e. The van der Waals surface area contributed by atoms with E-state index in [4.69, 9.17) is 4.74 Å². The Bertz CT molecular complexity index is 381. The Labute approximate surface area is 108 Å². The summed E-state index contributed by atoms with van der Waals surface area (Å²) in [5.41, 5.74) is 0. The molecule has 0 aliphatic carbocycles. The number of ether oxygens (including phenoxy) is 2. The molecule has 0 radical (unpaired) electrons. The van der Waals surface area contributed by atoms with Crippen molar-refractivity contribution in [3.8, 4) is 0 Å². The van der Waals surface area contributed by atoms with Gasteiger partial charge in [0.15, 0.2) is 9.84 Å². The lowest BCUT2D eigenvalue weighted by molar-refractivity contribution is -0.140. The molecule has 6 nitrogen and oxygen atoms in total. The maximum absolute atomic E-state index is 12.1. The summed E-state index contributed by atoms with van der Waals surface area (Å²) in [6.07, 6.45) is -0.421. The molecule has 1 aliphatic heterocycles. The van der Waals surface area contributed by atoms with E-state index in [-0.39, 0.29) is 18.3 Å². The number of hydrogen-bond donors (Lipinski definition) is 0. The lowest BCUT2D eigenvalue weighted by Crippen LogP contribution is -2.44. The van der Waals surface area contributed by atoms with Crippen LogP contribution in [0.25, 0.3) is 0 Å². The summed E-state index contributed by atoms with van der Waals surface area (Å²) in [7, 11) is -0.160. The van der Waals surface area contributed by atoms with Crippen LogP contribution in [0.2, 0.25) is 0 Å². The van der Waals surface area contributed by atoms with Crippen molar-refractivity contribution >= 4 is 15.8 Å². The summed E-state index contributed by atoms with van der Waals surface area (Å²) in [4.78, 5) is 13.1. The quantitative estimate of drug-likeness (QED) is 0.642. The van der Waals surface area contributed by atoms with Crippen LogP contribution < -0.4 is 0 Å². The van der Waals surface area contributed by atoms with Crippen LogP contribution in [0.4, 0.5) is 0 Å². The zero-order valence-electron chi connectivity index (χ0n) is 11.1. The minimum atomic E-state index is -3.34. The predicted octanol–water partition coefficient (Wildman–Crippen LogP) is -0.317. The number of hydrogen-bond acceptors (Lipinski definition) is 6. The fourth-order valence-corrected chi connectivity index (χ4v) is 3.27. The van der Waals surface area contributed by atoms with Crippen LogP contribution in [0.15, 0.2) is 0 Å². The Hall–Kier alpha value is -0.660. The van der Waals surface area contributed by atoms with Gasteiger partial charge in [-0.2, -0.15) is 0 Å². The van der Waals surface area contributed by atoms with Gasteiger partial charge in [-0.1, -0.05) is 0 Å². The number of likely N-dealkylation sites (N-methyl/N-ethyl adjacent to an activating group) is 1. The maximum Gasteiger partial charge on any atom is 0.306 e. The Morgan fingerprint density at radius 1 is 1.56 bits per heavy atom. The molecule has 18 heavy (non-hydrogen) atoms. The number of carbonyl (C=O) groups is 1. The number of esters is 1. The molecule has 0 aromatic rings. The van der Waals surface area contributed by atoms with Gasteiger partial charge in [-0.15, -0.1) is 0 Å². The molecule has 1 aliphatic rings. The Morgan fingerprint density at radius 2 is 2.22 bits per heavy atom. The fourth-order valence-electron chi connectivity index (χ4n) is 1.84. The second kappa shape index (κ2) is 6.49. The first-order valence-electron chi connectivity index (χ1n) is 5.93. The molecule has 0 spiro atoms. The van der Waals surface area contributed by atoms with E-state index in [1.807, 2.05) is 11.9 Å². The van der Waals surface area contributed by atoms with E-state index in [9.17, 15) is 13.2 Å². The third kappa shape index (κ3) is 4.55. The van der Waals surface area contributed by atoms with Gasteiger partial charge in [0, 0.05) is 13.1 Å². The third-order valence-electron chi connectivity index (χ3n) is 3.05. The van der Waals surface area contributed by atoms with Gasteiger partial charge in [-0.3, -0.25) is 4.79 Å². The van der Waals surface area contributed by atoms with Crippen molar-refractivity contribution in [1.82, 2.24) is 4.90 Å². The zero-order valence-corrected chi connectivity index (χ0v) is 11.9. The van der Waals surface area contributed by atoms with E-state index in [0.29, 0.717) is 13.2 Å². The van der Waals surface area contributed by atoms with Gasteiger partial charge in [0.05, 0.1) is 37.2 Å². The normalized spacial score (nSPS) is 23.6. The molecule has 1 saturated heterocycles. The molecular formula is C11H21NO5S. The van der Waals surface area contributed by atoms with Crippen LogP contribution in [0, 0.1) is 0 Å². The van der Waals surface area contributed by atoms with Crippen molar-refractivity contribution in [2.45, 2.75) is 24.7 Å². The fraction of sp³-hybridized carbons (Fsp3) is 0.909. The summed E-state index contributed by atoms with van der Waals surface area (Å²) in [6, 6.07) is 0. The number of methoxy groups -OCH3 is 1. The first-order valence-corrected chi connectivity index (χ1v) is 7.65. The van der Waals surface area contributed by atoms with Crippen LogP contribution in [0.1, 0.15) is 13.3 Å². The number of rotatable bonds is 5. The van der Waals surface area contributed by atoms with E-state index in [0.717, 1.165) is 6.54 Å². The SMILES string of the molecule is COC(=O)CC(C)S(=O)(=O)CC1CN(C)CCO1. The molecule has 0 saturated carbocycles. The van der Waals surface area contributed by atoms with Crippen molar-refractivity contribution < 1.29 is 22.7 Å². The lowest BCUT2D eigenvalue weighted by atomic mass is 10.3. The van der Waals surface area contributed by atoms with E-state index < -0.39 is 21.1 Å². The molecule has 0 bridgehead atoms. The number of sulfone groups is 1. The highest BCUT2D eigenvalue weighted by Gasteiger charge is 2.29. The molecule has 2 unspecified atom stereocenters. The summed E-state index contributed by atoms with van der Waals surface area (Å²) < 4.78 is 34.0. The topological polar surface area (TPSA) is 72.9 Å². The van der Waals surface area contributed by atoms with Gasteiger partial charge >= 0.3 is 5.97 Å². The average molecular weight is 279 g/mol. The molecule has 1 rings (SSSR count). The van der Waals surface area contributed by atoms with Crippen LogP contribution >= 0.6 is 0 Å². The summed E-state index contributed by atoms with van der Waals surface area (Å²) in [5.74, 6) is -0.553. The lowest BCUT2D eigenvalue weighted by Gasteiger charge is -2.30. The Balaban J connectivity index is 2.55. The number of morpholine rings is 1. The molecule has 1 heterocycles. The third-order valence-corrected chi connectivity index (χ3v) is 5.28. The van der Waals surface area contributed by atoms with E-state index >= 15 is 0 Å². The van der Waals surface area contributed by atoms with E-state index in [2.05, 4.69) is 4.74 Å².